The molecule has 28 heavy (non-hydrogen) atoms. The first-order chi connectivity index (χ1) is 12.9. The van der Waals surface area contributed by atoms with Crippen LogP contribution in [0.2, 0.25) is 5.02 Å². The second-order valence-electron chi connectivity index (χ2n) is 5.69. The molecule has 2 aromatic rings. The van der Waals surface area contributed by atoms with Gasteiger partial charge in [0.25, 0.3) is 5.56 Å². The fraction of sp³-hybridized carbons (Fsp3) is 0.312. The van der Waals surface area contributed by atoms with E-state index in [2.05, 4.69) is 4.74 Å². The third-order valence-corrected chi connectivity index (χ3v) is 3.65. The summed E-state index contributed by atoms with van der Waals surface area (Å²) in [5.74, 6) is -1.32. The van der Waals surface area contributed by atoms with Gasteiger partial charge in [-0.15, -0.1) is 0 Å². The Morgan fingerprint density at radius 3 is 2.29 bits per heavy atom. The van der Waals surface area contributed by atoms with E-state index in [9.17, 15) is 31.9 Å². The van der Waals surface area contributed by atoms with Crippen LogP contribution in [-0.2, 0) is 10.9 Å². The number of ether oxygens (including phenoxy) is 2. The summed E-state index contributed by atoms with van der Waals surface area (Å²) in [5, 5.41) is -0.191. The van der Waals surface area contributed by atoms with Gasteiger partial charge in [-0.25, -0.2) is 18.5 Å². The summed E-state index contributed by atoms with van der Waals surface area (Å²) in [7, 11) is 0.738. The molecular formula is C16H13ClF4N2O5. The Hall–Kier alpha value is -2.82. The molecular weight excluding hydrogens is 412 g/mol. The van der Waals surface area contributed by atoms with Gasteiger partial charge in [0, 0.05) is 12.1 Å². The highest BCUT2D eigenvalue weighted by Gasteiger charge is 2.38. The van der Waals surface area contributed by atoms with Crippen LogP contribution in [0.1, 0.15) is 19.5 Å². The zero-order valence-electron chi connectivity index (χ0n) is 14.6. The number of benzene rings is 1. The third-order valence-electron chi connectivity index (χ3n) is 3.36. The molecule has 0 saturated carbocycles. The number of carbonyl (C=O) groups is 1. The van der Waals surface area contributed by atoms with E-state index in [-0.39, 0.29) is 21.4 Å². The molecule has 2 rings (SSSR count). The van der Waals surface area contributed by atoms with E-state index in [0.717, 1.165) is 19.2 Å². The number of halogens is 5. The van der Waals surface area contributed by atoms with Crippen molar-refractivity contribution < 1.29 is 31.8 Å². The molecule has 0 saturated heterocycles. The van der Waals surface area contributed by atoms with E-state index in [4.69, 9.17) is 16.3 Å². The molecule has 0 aliphatic heterocycles. The van der Waals surface area contributed by atoms with Crippen molar-refractivity contribution >= 4 is 17.7 Å². The summed E-state index contributed by atoms with van der Waals surface area (Å²) < 4.78 is 63.0. The van der Waals surface area contributed by atoms with Crippen molar-refractivity contribution in [2.24, 2.45) is 0 Å². The minimum atomic E-state index is -5.23. The van der Waals surface area contributed by atoms with Crippen molar-refractivity contribution in [2.75, 3.05) is 7.11 Å². The quantitative estimate of drug-likeness (QED) is 0.707. The molecule has 1 aromatic heterocycles. The van der Waals surface area contributed by atoms with Gasteiger partial charge in [-0.1, -0.05) is 11.6 Å². The van der Waals surface area contributed by atoms with Gasteiger partial charge in [0.1, 0.15) is 17.3 Å². The summed E-state index contributed by atoms with van der Waals surface area (Å²) in [6.45, 7) is 3.24. The Labute approximate surface area is 159 Å². The number of methoxy groups -OCH3 is 1. The van der Waals surface area contributed by atoms with Crippen LogP contribution >= 0.6 is 11.6 Å². The Kier molecular flexibility index (Phi) is 5.88. The van der Waals surface area contributed by atoms with Gasteiger partial charge in [0.15, 0.2) is 0 Å². The van der Waals surface area contributed by atoms with Crippen molar-refractivity contribution in [1.82, 2.24) is 9.13 Å². The molecule has 0 atom stereocenters. The molecule has 0 aliphatic carbocycles. The van der Waals surface area contributed by atoms with Crippen molar-refractivity contribution in [1.29, 1.82) is 0 Å². The van der Waals surface area contributed by atoms with Gasteiger partial charge in [-0.05, 0) is 19.9 Å². The number of hydrogen-bond acceptors (Lipinski definition) is 5. The highest BCUT2D eigenvalue weighted by atomic mass is 35.5. The minimum Gasteiger partial charge on any atom is -0.489 e. The van der Waals surface area contributed by atoms with E-state index in [1.54, 1.807) is 13.8 Å². The maximum atomic E-state index is 14.4. The Morgan fingerprint density at radius 1 is 1.18 bits per heavy atom. The van der Waals surface area contributed by atoms with Crippen LogP contribution in [0.25, 0.3) is 5.69 Å². The predicted octanol–water partition coefficient (Wildman–Crippen LogP) is 3.21. The molecule has 1 heterocycles. The summed E-state index contributed by atoms with van der Waals surface area (Å²) >= 11 is 5.84. The van der Waals surface area contributed by atoms with Gasteiger partial charge < -0.3 is 9.47 Å². The molecule has 0 unspecified atom stereocenters. The summed E-state index contributed by atoms with van der Waals surface area (Å²) in [6, 6.07) is 1.57. The smallest absolute Gasteiger partial charge is 0.432 e. The number of nitrogens with zero attached hydrogens (tertiary/aromatic N) is 2. The molecule has 152 valence electrons. The first-order valence-electron chi connectivity index (χ1n) is 7.59. The Bertz CT molecular complexity index is 1040. The fourth-order valence-corrected chi connectivity index (χ4v) is 2.47. The summed E-state index contributed by atoms with van der Waals surface area (Å²) in [5.41, 5.74) is -5.90. The van der Waals surface area contributed by atoms with Crippen LogP contribution in [0.15, 0.2) is 27.8 Å². The maximum Gasteiger partial charge on any atom is 0.432 e. The lowest BCUT2D eigenvalue weighted by Gasteiger charge is -2.17. The largest absolute Gasteiger partial charge is 0.489 e. The normalized spacial score (nSPS) is 11.6. The second kappa shape index (κ2) is 7.66. The van der Waals surface area contributed by atoms with Crippen molar-refractivity contribution in [3.8, 4) is 11.4 Å². The lowest BCUT2D eigenvalue weighted by Crippen LogP contribution is -2.44. The average Bonchev–Trinajstić information content (AvgIpc) is 2.56. The number of alkyl halides is 3. The molecule has 1 aromatic carbocycles. The van der Waals surface area contributed by atoms with Crippen LogP contribution in [0.4, 0.5) is 22.4 Å². The third kappa shape index (κ3) is 4.03. The molecule has 0 bridgehead atoms. The van der Waals surface area contributed by atoms with E-state index in [0.29, 0.717) is 0 Å². The average molecular weight is 425 g/mol. The molecule has 0 spiro atoms. The topological polar surface area (TPSA) is 79.5 Å². The van der Waals surface area contributed by atoms with E-state index in [1.165, 1.54) is 0 Å². The van der Waals surface area contributed by atoms with Gasteiger partial charge in [-0.2, -0.15) is 17.7 Å². The van der Waals surface area contributed by atoms with Gasteiger partial charge >= 0.3 is 18.0 Å². The molecule has 0 N–H and O–H groups in total. The van der Waals surface area contributed by atoms with Gasteiger partial charge in [0.05, 0.1) is 23.9 Å². The molecule has 0 fully saturated rings. The van der Waals surface area contributed by atoms with Crippen LogP contribution < -0.4 is 16.0 Å². The maximum absolute atomic E-state index is 14.4. The van der Waals surface area contributed by atoms with E-state index in [1.807, 2.05) is 0 Å². The van der Waals surface area contributed by atoms with Gasteiger partial charge in [-0.3, -0.25) is 4.79 Å². The Balaban J connectivity index is 2.90. The lowest BCUT2D eigenvalue weighted by atomic mass is 10.2. The van der Waals surface area contributed by atoms with Crippen LogP contribution in [0.5, 0.6) is 5.75 Å². The zero-order chi connectivity index (χ0) is 21.4. The lowest BCUT2D eigenvalue weighted by molar-refractivity contribution is -0.143. The van der Waals surface area contributed by atoms with Gasteiger partial charge in [0.2, 0.25) is 0 Å². The highest BCUT2D eigenvalue weighted by Crippen LogP contribution is 2.31. The number of aromatic nitrogens is 2. The number of rotatable bonds is 3. The second-order valence-corrected chi connectivity index (χ2v) is 6.10. The fourth-order valence-electron chi connectivity index (χ4n) is 2.28. The standard InChI is InChI=1S/C16H13ClF4N2O5/c1-7(2)28-11-5-10(9(18)4-8(11)17)22-13(24)6-12(16(19,20)21)23(14(22)25)15(26)27-3/h4-7H,1-3H3. The van der Waals surface area contributed by atoms with Crippen molar-refractivity contribution in [3.63, 3.8) is 0 Å². The SMILES string of the molecule is COC(=O)n1c(C(F)(F)F)cc(=O)n(-c2cc(OC(C)C)c(Cl)cc2F)c1=O. The molecule has 0 radical (unpaired) electrons. The molecule has 12 heteroatoms. The monoisotopic (exact) mass is 424 g/mol. The van der Waals surface area contributed by atoms with E-state index >= 15 is 0 Å². The summed E-state index contributed by atoms with van der Waals surface area (Å²) in [4.78, 5) is 36.4. The van der Waals surface area contributed by atoms with Crippen molar-refractivity contribution in [2.45, 2.75) is 26.1 Å². The first kappa shape index (κ1) is 21.5. The number of hydrogen-bond donors (Lipinski definition) is 0. The van der Waals surface area contributed by atoms with E-state index < -0.39 is 51.4 Å². The predicted molar refractivity (Wildman–Crippen MR) is 89.8 cm³/mol. The van der Waals surface area contributed by atoms with Crippen LogP contribution in [0.3, 0.4) is 0 Å². The highest BCUT2D eigenvalue weighted by molar-refractivity contribution is 6.32. The van der Waals surface area contributed by atoms with Crippen LogP contribution in [-0.4, -0.2) is 28.4 Å². The Morgan fingerprint density at radius 2 is 1.79 bits per heavy atom. The molecule has 7 nitrogen and oxygen atoms in total. The molecule has 0 amide bonds. The molecule has 0 aliphatic rings. The van der Waals surface area contributed by atoms with Crippen molar-refractivity contribution in [3.05, 3.63) is 55.6 Å². The zero-order valence-corrected chi connectivity index (χ0v) is 15.4. The minimum absolute atomic E-state index is 0.0185. The number of carbonyl (C=O) groups excluding carboxylic acids is 1. The van der Waals surface area contributed by atoms with Crippen LogP contribution in [0, 0.1) is 5.82 Å². The summed E-state index contributed by atoms with van der Waals surface area (Å²) in [6.07, 6.45) is -7.36. The first-order valence-corrected chi connectivity index (χ1v) is 7.97.